The fraction of sp³-hybridized carbons (Fsp3) is 0.389. The Bertz CT molecular complexity index is 531. The molecule has 2 rings (SSSR count). The molecule has 0 unspecified atom stereocenters. The number of aryl methyl sites for hydroxylation is 1. The molecular formula is C18H25N3. The molecule has 0 saturated carbocycles. The van der Waals surface area contributed by atoms with Crippen LogP contribution in [0, 0.1) is 6.92 Å². The molecule has 0 bridgehead atoms. The van der Waals surface area contributed by atoms with Crippen molar-refractivity contribution in [1.82, 2.24) is 10.3 Å². The van der Waals surface area contributed by atoms with E-state index in [0.717, 1.165) is 31.9 Å². The van der Waals surface area contributed by atoms with Gasteiger partial charge in [-0.3, -0.25) is 0 Å². The third-order valence-corrected chi connectivity index (χ3v) is 3.50. The maximum atomic E-state index is 4.56. The van der Waals surface area contributed by atoms with Crippen molar-refractivity contribution in [3.8, 4) is 0 Å². The Morgan fingerprint density at radius 2 is 1.76 bits per heavy atom. The van der Waals surface area contributed by atoms with Gasteiger partial charge in [-0.05, 0) is 37.1 Å². The molecular weight excluding hydrogens is 258 g/mol. The SMILES string of the molecule is CCCNCc1ccc(N(C)Cc2ccc(C)cc2)nc1. The van der Waals surface area contributed by atoms with Crippen LogP contribution in [0.5, 0.6) is 0 Å². The van der Waals surface area contributed by atoms with Crippen molar-refractivity contribution < 1.29 is 0 Å². The highest BCUT2D eigenvalue weighted by molar-refractivity contribution is 5.39. The number of anilines is 1. The predicted molar refractivity (Wildman–Crippen MR) is 89.5 cm³/mol. The van der Waals surface area contributed by atoms with Gasteiger partial charge in [0, 0.05) is 26.3 Å². The van der Waals surface area contributed by atoms with Crippen LogP contribution in [0.3, 0.4) is 0 Å². The van der Waals surface area contributed by atoms with Crippen LogP contribution in [0.15, 0.2) is 42.6 Å². The molecule has 112 valence electrons. The molecule has 3 nitrogen and oxygen atoms in total. The first-order valence-corrected chi connectivity index (χ1v) is 7.61. The first-order valence-electron chi connectivity index (χ1n) is 7.61. The lowest BCUT2D eigenvalue weighted by Gasteiger charge is -2.18. The lowest BCUT2D eigenvalue weighted by atomic mass is 10.1. The van der Waals surface area contributed by atoms with E-state index in [0.29, 0.717) is 0 Å². The van der Waals surface area contributed by atoms with Crippen LogP contribution in [0.1, 0.15) is 30.0 Å². The Labute approximate surface area is 128 Å². The van der Waals surface area contributed by atoms with Crippen LogP contribution in [0.25, 0.3) is 0 Å². The zero-order valence-corrected chi connectivity index (χ0v) is 13.3. The van der Waals surface area contributed by atoms with Crippen molar-refractivity contribution in [3.05, 3.63) is 59.3 Å². The molecule has 21 heavy (non-hydrogen) atoms. The lowest BCUT2D eigenvalue weighted by Crippen LogP contribution is -2.18. The van der Waals surface area contributed by atoms with E-state index in [1.807, 2.05) is 6.20 Å². The van der Waals surface area contributed by atoms with E-state index in [1.54, 1.807) is 0 Å². The van der Waals surface area contributed by atoms with Crippen LogP contribution in [-0.4, -0.2) is 18.6 Å². The number of benzene rings is 1. The van der Waals surface area contributed by atoms with E-state index >= 15 is 0 Å². The molecule has 0 saturated heterocycles. The van der Waals surface area contributed by atoms with Crippen molar-refractivity contribution in [2.45, 2.75) is 33.4 Å². The third-order valence-electron chi connectivity index (χ3n) is 3.50. The molecule has 2 aromatic rings. The van der Waals surface area contributed by atoms with Crippen LogP contribution >= 0.6 is 0 Å². The van der Waals surface area contributed by atoms with E-state index in [-0.39, 0.29) is 0 Å². The van der Waals surface area contributed by atoms with Gasteiger partial charge in [0.15, 0.2) is 0 Å². The normalized spacial score (nSPS) is 10.6. The van der Waals surface area contributed by atoms with Crippen LogP contribution in [-0.2, 0) is 13.1 Å². The number of nitrogens with one attached hydrogen (secondary N) is 1. The minimum atomic E-state index is 0.876. The summed E-state index contributed by atoms with van der Waals surface area (Å²) in [5.74, 6) is 1.01. The van der Waals surface area contributed by atoms with Gasteiger partial charge in [0.25, 0.3) is 0 Å². The van der Waals surface area contributed by atoms with Gasteiger partial charge < -0.3 is 10.2 Å². The van der Waals surface area contributed by atoms with Crippen molar-refractivity contribution in [2.75, 3.05) is 18.5 Å². The Balaban J connectivity index is 1.93. The minimum Gasteiger partial charge on any atom is -0.355 e. The van der Waals surface area contributed by atoms with Crippen LogP contribution in [0.2, 0.25) is 0 Å². The first-order chi connectivity index (χ1) is 10.2. The molecule has 1 N–H and O–H groups in total. The molecule has 0 fully saturated rings. The van der Waals surface area contributed by atoms with Gasteiger partial charge in [0.1, 0.15) is 5.82 Å². The van der Waals surface area contributed by atoms with Crippen molar-refractivity contribution >= 4 is 5.82 Å². The van der Waals surface area contributed by atoms with E-state index in [1.165, 1.54) is 16.7 Å². The number of nitrogens with zero attached hydrogens (tertiary/aromatic N) is 2. The second-order valence-corrected chi connectivity index (χ2v) is 5.54. The average molecular weight is 283 g/mol. The van der Waals surface area contributed by atoms with Crippen molar-refractivity contribution in [1.29, 1.82) is 0 Å². The largest absolute Gasteiger partial charge is 0.355 e. The molecule has 0 aliphatic carbocycles. The smallest absolute Gasteiger partial charge is 0.128 e. The molecule has 0 radical (unpaired) electrons. The number of aromatic nitrogens is 1. The summed E-state index contributed by atoms with van der Waals surface area (Å²) < 4.78 is 0. The summed E-state index contributed by atoms with van der Waals surface area (Å²) in [6, 6.07) is 12.9. The van der Waals surface area contributed by atoms with E-state index in [4.69, 9.17) is 0 Å². The first kappa shape index (κ1) is 15.5. The van der Waals surface area contributed by atoms with Crippen LogP contribution < -0.4 is 10.2 Å². The summed E-state index contributed by atoms with van der Waals surface area (Å²) in [6.07, 6.45) is 3.12. The number of hydrogen-bond acceptors (Lipinski definition) is 3. The molecule has 0 atom stereocenters. The molecule has 1 aromatic heterocycles. The molecule has 0 spiro atoms. The third kappa shape index (κ3) is 4.87. The van der Waals surface area contributed by atoms with E-state index < -0.39 is 0 Å². The molecule has 0 aliphatic rings. The summed E-state index contributed by atoms with van der Waals surface area (Å²) >= 11 is 0. The van der Waals surface area contributed by atoms with Crippen LogP contribution in [0.4, 0.5) is 5.82 Å². The van der Waals surface area contributed by atoms with Gasteiger partial charge in [0.2, 0.25) is 0 Å². The maximum absolute atomic E-state index is 4.56. The zero-order valence-electron chi connectivity index (χ0n) is 13.3. The minimum absolute atomic E-state index is 0.876. The highest BCUT2D eigenvalue weighted by Crippen LogP contribution is 2.13. The molecule has 0 amide bonds. The van der Waals surface area contributed by atoms with E-state index in [9.17, 15) is 0 Å². The summed E-state index contributed by atoms with van der Waals surface area (Å²) in [6.45, 7) is 7.10. The Morgan fingerprint density at radius 3 is 2.38 bits per heavy atom. The van der Waals surface area contributed by atoms with Crippen molar-refractivity contribution in [2.24, 2.45) is 0 Å². The molecule has 1 aromatic carbocycles. The maximum Gasteiger partial charge on any atom is 0.128 e. The zero-order chi connectivity index (χ0) is 15.1. The van der Waals surface area contributed by atoms with Gasteiger partial charge in [-0.15, -0.1) is 0 Å². The fourth-order valence-corrected chi connectivity index (χ4v) is 2.20. The molecule has 0 aliphatic heterocycles. The van der Waals surface area contributed by atoms with Gasteiger partial charge in [0.05, 0.1) is 0 Å². The summed E-state index contributed by atoms with van der Waals surface area (Å²) in [5, 5.41) is 3.39. The second kappa shape index (κ2) is 7.79. The fourth-order valence-electron chi connectivity index (χ4n) is 2.20. The average Bonchev–Trinajstić information content (AvgIpc) is 2.50. The van der Waals surface area contributed by atoms with Crippen molar-refractivity contribution in [3.63, 3.8) is 0 Å². The standard InChI is InChI=1S/C18H25N3/c1-4-11-19-12-17-9-10-18(20-13-17)21(3)14-16-7-5-15(2)6-8-16/h5-10,13,19H,4,11-12,14H2,1-3H3. The second-order valence-electron chi connectivity index (χ2n) is 5.54. The van der Waals surface area contributed by atoms with Gasteiger partial charge in [-0.25, -0.2) is 4.98 Å². The molecule has 3 heteroatoms. The van der Waals surface area contributed by atoms with Gasteiger partial charge >= 0.3 is 0 Å². The topological polar surface area (TPSA) is 28.2 Å². The summed E-state index contributed by atoms with van der Waals surface area (Å²) in [7, 11) is 2.08. The Morgan fingerprint density at radius 1 is 1.05 bits per heavy atom. The van der Waals surface area contributed by atoms with Gasteiger partial charge in [-0.1, -0.05) is 42.8 Å². The van der Waals surface area contributed by atoms with Gasteiger partial charge in [-0.2, -0.15) is 0 Å². The molecule has 1 heterocycles. The summed E-state index contributed by atoms with van der Waals surface area (Å²) in [5.41, 5.74) is 3.83. The Hall–Kier alpha value is -1.87. The number of rotatable bonds is 7. The summed E-state index contributed by atoms with van der Waals surface area (Å²) in [4.78, 5) is 6.73. The lowest BCUT2D eigenvalue weighted by molar-refractivity contribution is 0.673. The monoisotopic (exact) mass is 283 g/mol. The quantitative estimate of drug-likeness (QED) is 0.788. The predicted octanol–water partition coefficient (Wildman–Crippen LogP) is 3.53. The number of pyridine rings is 1. The highest BCUT2D eigenvalue weighted by Gasteiger charge is 2.03. The number of hydrogen-bond donors (Lipinski definition) is 1. The van der Waals surface area contributed by atoms with E-state index in [2.05, 4.69) is 72.5 Å². The Kier molecular flexibility index (Phi) is 5.76. The highest BCUT2D eigenvalue weighted by atomic mass is 15.2.